The monoisotopic (exact) mass is 413 g/mol. The fourth-order valence-corrected chi connectivity index (χ4v) is 3.27. The number of pyridine rings is 1. The summed E-state index contributed by atoms with van der Waals surface area (Å²) >= 11 is 0. The van der Waals surface area contributed by atoms with Gasteiger partial charge < -0.3 is 15.2 Å². The summed E-state index contributed by atoms with van der Waals surface area (Å²) in [5.41, 5.74) is 3.62. The number of phenols is 1. The van der Waals surface area contributed by atoms with Gasteiger partial charge in [0.1, 0.15) is 5.75 Å². The van der Waals surface area contributed by atoms with E-state index in [1.165, 1.54) is 5.56 Å². The lowest BCUT2D eigenvalue weighted by atomic mass is 10.1. The molecular formula is C25H23N3O3. The number of nitrogens with zero attached hydrogens (tertiary/aromatic N) is 2. The van der Waals surface area contributed by atoms with E-state index in [2.05, 4.69) is 39.2 Å². The maximum absolute atomic E-state index is 12.2. The van der Waals surface area contributed by atoms with Crippen molar-refractivity contribution in [2.24, 2.45) is 0 Å². The van der Waals surface area contributed by atoms with Crippen molar-refractivity contribution in [2.75, 3.05) is 31.6 Å². The van der Waals surface area contributed by atoms with Crippen molar-refractivity contribution in [3.63, 3.8) is 0 Å². The number of anilines is 1. The first-order chi connectivity index (χ1) is 15.2. The zero-order chi connectivity index (χ0) is 21.5. The highest BCUT2D eigenvalue weighted by molar-refractivity contribution is 6.04. The highest BCUT2D eigenvalue weighted by Gasteiger charge is 2.11. The Balaban J connectivity index is 1.38. The molecule has 0 radical (unpaired) electrons. The average molecular weight is 413 g/mol. The molecule has 4 rings (SSSR count). The number of phenolic OH excluding ortho intramolecular Hbond substituents is 1. The molecular weight excluding hydrogens is 390 g/mol. The molecule has 0 atom stereocenters. The maximum atomic E-state index is 12.2. The van der Waals surface area contributed by atoms with Gasteiger partial charge in [0.15, 0.2) is 0 Å². The van der Waals surface area contributed by atoms with E-state index < -0.39 is 0 Å². The summed E-state index contributed by atoms with van der Waals surface area (Å²) in [6.45, 7) is 4.43. The van der Waals surface area contributed by atoms with Gasteiger partial charge >= 0.3 is 0 Å². The van der Waals surface area contributed by atoms with E-state index in [1.807, 2.05) is 12.1 Å². The number of carbonyl (C=O) groups is 1. The van der Waals surface area contributed by atoms with Gasteiger partial charge in [-0.3, -0.25) is 14.7 Å². The zero-order valence-electron chi connectivity index (χ0n) is 17.0. The van der Waals surface area contributed by atoms with E-state index in [-0.39, 0.29) is 11.7 Å². The number of nitrogens with one attached hydrogen (secondary N) is 1. The minimum atomic E-state index is -0.311. The van der Waals surface area contributed by atoms with Gasteiger partial charge in [0.2, 0.25) is 0 Å². The second-order valence-corrected chi connectivity index (χ2v) is 7.26. The highest BCUT2D eigenvalue weighted by atomic mass is 16.5. The van der Waals surface area contributed by atoms with Crippen LogP contribution < -0.4 is 5.32 Å². The highest BCUT2D eigenvalue weighted by Crippen LogP contribution is 2.24. The topological polar surface area (TPSA) is 74.7 Å². The summed E-state index contributed by atoms with van der Waals surface area (Å²) in [7, 11) is 0. The Morgan fingerprint density at radius 1 is 1.00 bits per heavy atom. The molecule has 3 aromatic rings. The predicted molar refractivity (Wildman–Crippen MR) is 119 cm³/mol. The summed E-state index contributed by atoms with van der Waals surface area (Å²) in [5, 5.41) is 13.0. The smallest absolute Gasteiger partial charge is 0.255 e. The minimum absolute atomic E-state index is 0.0323. The molecule has 2 N–H and O–H groups in total. The minimum Gasteiger partial charge on any atom is -0.506 e. The van der Waals surface area contributed by atoms with E-state index >= 15 is 0 Å². The summed E-state index contributed by atoms with van der Waals surface area (Å²) in [6.07, 6.45) is 3.09. The fourth-order valence-electron chi connectivity index (χ4n) is 3.27. The molecule has 2 aromatic carbocycles. The molecule has 1 fully saturated rings. The van der Waals surface area contributed by atoms with Gasteiger partial charge in [0, 0.05) is 48.7 Å². The first-order valence-electron chi connectivity index (χ1n) is 10.1. The Bertz CT molecular complexity index is 1100. The summed E-state index contributed by atoms with van der Waals surface area (Å²) in [5.74, 6) is 5.83. The van der Waals surface area contributed by atoms with Crippen molar-refractivity contribution < 1.29 is 14.6 Å². The molecule has 6 nitrogen and oxygen atoms in total. The number of hydrogen-bond acceptors (Lipinski definition) is 5. The van der Waals surface area contributed by atoms with Crippen molar-refractivity contribution in [3.05, 3.63) is 89.2 Å². The number of aromatic hydroxyl groups is 1. The van der Waals surface area contributed by atoms with Crippen LogP contribution in [0.2, 0.25) is 0 Å². The fraction of sp³-hybridized carbons (Fsp3) is 0.200. The number of hydrogen-bond donors (Lipinski definition) is 2. The number of ether oxygens (including phenoxy) is 1. The molecule has 0 saturated carbocycles. The van der Waals surface area contributed by atoms with Gasteiger partial charge in [-0.1, -0.05) is 24.0 Å². The Hall–Kier alpha value is -3.66. The van der Waals surface area contributed by atoms with E-state index in [4.69, 9.17) is 4.74 Å². The third-order valence-corrected chi connectivity index (χ3v) is 5.00. The van der Waals surface area contributed by atoms with Crippen LogP contribution in [0.5, 0.6) is 5.75 Å². The van der Waals surface area contributed by atoms with Crippen LogP contribution in [-0.2, 0) is 11.3 Å². The molecule has 1 saturated heterocycles. The van der Waals surface area contributed by atoms with Crippen LogP contribution in [0.25, 0.3) is 0 Å². The lowest BCUT2D eigenvalue weighted by molar-refractivity contribution is 0.0342. The van der Waals surface area contributed by atoms with Gasteiger partial charge in [0.05, 0.1) is 18.9 Å². The number of carbonyl (C=O) groups excluding carboxylic acids is 1. The van der Waals surface area contributed by atoms with Gasteiger partial charge in [-0.2, -0.15) is 0 Å². The molecule has 0 unspecified atom stereocenters. The molecule has 1 aromatic heterocycles. The van der Waals surface area contributed by atoms with Crippen LogP contribution in [-0.4, -0.2) is 47.2 Å². The van der Waals surface area contributed by atoms with Crippen molar-refractivity contribution in [1.82, 2.24) is 9.88 Å². The van der Waals surface area contributed by atoms with Crippen LogP contribution in [0.3, 0.4) is 0 Å². The normalized spacial score (nSPS) is 13.8. The molecule has 6 heteroatoms. The third-order valence-electron chi connectivity index (χ3n) is 5.00. The Morgan fingerprint density at radius 3 is 2.39 bits per heavy atom. The quantitative estimate of drug-likeness (QED) is 0.507. The van der Waals surface area contributed by atoms with Gasteiger partial charge in [-0.25, -0.2) is 0 Å². The van der Waals surface area contributed by atoms with E-state index in [9.17, 15) is 9.90 Å². The second-order valence-electron chi connectivity index (χ2n) is 7.26. The lowest BCUT2D eigenvalue weighted by Gasteiger charge is -2.26. The molecule has 1 amide bonds. The number of morpholine rings is 1. The molecule has 1 aliphatic rings. The van der Waals surface area contributed by atoms with E-state index in [0.29, 0.717) is 16.8 Å². The van der Waals surface area contributed by atoms with Crippen molar-refractivity contribution in [1.29, 1.82) is 0 Å². The molecule has 0 aliphatic carbocycles. The summed E-state index contributed by atoms with van der Waals surface area (Å²) in [6, 6.07) is 16.4. The van der Waals surface area contributed by atoms with Gasteiger partial charge in [-0.05, 0) is 48.0 Å². The van der Waals surface area contributed by atoms with E-state index in [0.717, 1.165) is 38.4 Å². The largest absolute Gasteiger partial charge is 0.506 e. The SMILES string of the molecule is O=C(Nc1ccc(C#Cc2ccc(CN3CCOCC3)cc2)cc1O)c1ccncc1. The van der Waals surface area contributed by atoms with Crippen LogP contribution in [0, 0.1) is 11.8 Å². The molecule has 156 valence electrons. The molecule has 0 bridgehead atoms. The Kier molecular flexibility index (Phi) is 6.58. The van der Waals surface area contributed by atoms with Crippen LogP contribution >= 0.6 is 0 Å². The van der Waals surface area contributed by atoms with E-state index in [1.54, 1.807) is 42.7 Å². The van der Waals surface area contributed by atoms with Gasteiger partial charge in [-0.15, -0.1) is 0 Å². The Labute approximate surface area is 181 Å². The van der Waals surface area contributed by atoms with Crippen LogP contribution in [0.1, 0.15) is 27.0 Å². The molecule has 31 heavy (non-hydrogen) atoms. The lowest BCUT2D eigenvalue weighted by Crippen LogP contribution is -2.35. The number of amides is 1. The van der Waals surface area contributed by atoms with Crippen molar-refractivity contribution in [2.45, 2.75) is 6.54 Å². The van der Waals surface area contributed by atoms with Gasteiger partial charge in [0.25, 0.3) is 5.91 Å². The Morgan fingerprint density at radius 2 is 1.68 bits per heavy atom. The maximum Gasteiger partial charge on any atom is 0.255 e. The summed E-state index contributed by atoms with van der Waals surface area (Å²) in [4.78, 5) is 18.5. The number of rotatable bonds is 4. The number of aromatic nitrogens is 1. The standard InChI is InChI=1S/C25H23N3O3/c29-24-17-20(7-8-23(24)27-25(30)22-9-11-26-12-10-22)4-1-19-2-5-21(6-3-19)18-28-13-15-31-16-14-28/h2-3,5-12,17,29H,13-16,18H2,(H,27,30). The summed E-state index contributed by atoms with van der Waals surface area (Å²) < 4.78 is 5.38. The first kappa shape index (κ1) is 20.6. The first-order valence-corrected chi connectivity index (χ1v) is 10.1. The van der Waals surface area contributed by atoms with Crippen LogP contribution in [0.15, 0.2) is 67.0 Å². The van der Waals surface area contributed by atoms with Crippen molar-refractivity contribution in [3.8, 4) is 17.6 Å². The third kappa shape index (κ3) is 5.70. The zero-order valence-corrected chi connectivity index (χ0v) is 17.0. The second kappa shape index (κ2) is 9.90. The molecule has 1 aliphatic heterocycles. The predicted octanol–water partition coefficient (Wildman–Crippen LogP) is 3.27. The molecule has 2 heterocycles. The van der Waals surface area contributed by atoms with Crippen LogP contribution in [0.4, 0.5) is 5.69 Å². The average Bonchev–Trinajstić information content (AvgIpc) is 2.81. The number of benzene rings is 2. The molecule has 0 spiro atoms. The van der Waals surface area contributed by atoms with Crippen molar-refractivity contribution >= 4 is 11.6 Å².